The third-order valence-corrected chi connectivity index (χ3v) is 4.44. The van der Waals surface area contributed by atoms with Gasteiger partial charge in [-0.1, -0.05) is 20.8 Å². The van der Waals surface area contributed by atoms with E-state index >= 15 is 0 Å². The van der Waals surface area contributed by atoms with Crippen LogP contribution >= 0.6 is 22.7 Å². The van der Waals surface area contributed by atoms with E-state index in [1.54, 1.807) is 17.4 Å². The van der Waals surface area contributed by atoms with E-state index in [1.165, 1.54) is 11.3 Å². The Morgan fingerprint density at radius 3 is 2.61 bits per heavy atom. The molecule has 2 heterocycles. The van der Waals surface area contributed by atoms with Crippen molar-refractivity contribution in [3.63, 3.8) is 0 Å². The highest BCUT2D eigenvalue weighted by Gasteiger charge is 2.17. The van der Waals surface area contributed by atoms with Gasteiger partial charge in [-0.15, -0.1) is 22.7 Å². The van der Waals surface area contributed by atoms with Gasteiger partial charge in [0.15, 0.2) is 0 Å². The van der Waals surface area contributed by atoms with E-state index in [9.17, 15) is 4.79 Å². The van der Waals surface area contributed by atoms with Crippen molar-refractivity contribution in [3.8, 4) is 0 Å². The molecule has 2 aromatic rings. The summed E-state index contributed by atoms with van der Waals surface area (Å²) in [4.78, 5) is 16.8. The van der Waals surface area contributed by atoms with Crippen molar-refractivity contribution in [2.75, 3.05) is 0 Å². The first-order valence-corrected chi connectivity index (χ1v) is 7.33. The zero-order chi connectivity index (χ0) is 13.3. The molecule has 2 aromatic heterocycles. The lowest BCUT2D eigenvalue weighted by Gasteiger charge is -2.14. The molecule has 0 aliphatic heterocycles. The van der Waals surface area contributed by atoms with Crippen LogP contribution in [-0.4, -0.2) is 16.1 Å². The van der Waals surface area contributed by atoms with E-state index < -0.39 is 5.97 Å². The second kappa shape index (κ2) is 4.82. The number of carboxylic acid groups (broad SMARTS) is 1. The molecule has 0 unspecified atom stereocenters. The van der Waals surface area contributed by atoms with Crippen molar-refractivity contribution in [1.82, 2.24) is 4.98 Å². The predicted octanol–water partition coefficient (Wildman–Crippen LogP) is 3.79. The zero-order valence-electron chi connectivity index (χ0n) is 10.6. The third-order valence-electron chi connectivity index (χ3n) is 2.52. The molecule has 2 rings (SSSR count). The number of hydrogen-bond acceptors (Lipinski definition) is 4. The Balaban J connectivity index is 2.14. The largest absolute Gasteiger partial charge is 0.477 e. The number of thiophene rings is 1. The number of nitrogens with zero attached hydrogens (tertiary/aromatic N) is 1. The normalized spacial score (nSPS) is 11.7. The Kier molecular flexibility index (Phi) is 3.54. The molecule has 0 spiro atoms. The number of thiazole rings is 1. The molecule has 96 valence electrons. The minimum Gasteiger partial charge on any atom is -0.477 e. The first-order valence-electron chi connectivity index (χ1n) is 5.63. The van der Waals surface area contributed by atoms with Crippen molar-refractivity contribution in [3.05, 3.63) is 38.0 Å². The summed E-state index contributed by atoms with van der Waals surface area (Å²) in [5, 5.41) is 12.0. The number of carboxylic acids is 1. The summed E-state index contributed by atoms with van der Waals surface area (Å²) >= 11 is 2.96. The fourth-order valence-electron chi connectivity index (χ4n) is 1.47. The van der Waals surface area contributed by atoms with E-state index in [0.717, 1.165) is 22.0 Å². The maximum Gasteiger partial charge on any atom is 0.345 e. The summed E-state index contributed by atoms with van der Waals surface area (Å²) in [6.45, 7) is 6.42. The van der Waals surface area contributed by atoms with E-state index in [4.69, 9.17) is 5.11 Å². The molecule has 0 aliphatic rings. The highest BCUT2D eigenvalue weighted by Crippen LogP contribution is 2.26. The number of aromatic nitrogens is 1. The van der Waals surface area contributed by atoms with Crippen LogP contribution in [-0.2, 0) is 11.8 Å². The van der Waals surface area contributed by atoms with Gasteiger partial charge < -0.3 is 5.11 Å². The molecule has 0 saturated heterocycles. The second-order valence-electron chi connectivity index (χ2n) is 5.12. The molecule has 3 nitrogen and oxygen atoms in total. The lowest BCUT2D eigenvalue weighted by molar-refractivity contribution is 0.0702. The van der Waals surface area contributed by atoms with E-state index in [1.807, 2.05) is 6.07 Å². The molecule has 0 aliphatic carbocycles. The smallest absolute Gasteiger partial charge is 0.345 e. The van der Waals surface area contributed by atoms with Gasteiger partial charge in [0.1, 0.15) is 4.88 Å². The minimum atomic E-state index is -0.860. The Bertz CT molecular complexity index is 564. The van der Waals surface area contributed by atoms with Gasteiger partial charge in [-0.2, -0.15) is 0 Å². The summed E-state index contributed by atoms with van der Waals surface area (Å²) in [5.41, 5.74) is 1.16. The minimum absolute atomic E-state index is 0.0659. The topological polar surface area (TPSA) is 50.2 Å². The van der Waals surface area contributed by atoms with Crippen LogP contribution in [0.25, 0.3) is 0 Å². The average molecular weight is 281 g/mol. The van der Waals surface area contributed by atoms with Crippen LogP contribution < -0.4 is 0 Å². The molecule has 5 heteroatoms. The zero-order valence-corrected chi connectivity index (χ0v) is 12.2. The maximum atomic E-state index is 10.8. The van der Waals surface area contributed by atoms with Gasteiger partial charge in [0, 0.05) is 22.1 Å². The van der Waals surface area contributed by atoms with Crippen LogP contribution in [0.4, 0.5) is 0 Å². The standard InChI is InChI=1S/C13H15NO2S2/c1-13(2,3)10-7-17-11(14-10)6-8-4-5-9(18-8)12(15)16/h4-5,7H,6H2,1-3H3,(H,15,16). The van der Waals surface area contributed by atoms with Gasteiger partial charge in [-0.25, -0.2) is 9.78 Å². The lowest BCUT2D eigenvalue weighted by Crippen LogP contribution is -2.11. The van der Waals surface area contributed by atoms with Crippen molar-refractivity contribution in [2.24, 2.45) is 0 Å². The number of hydrogen-bond donors (Lipinski definition) is 1. The maximum absolute atomic E-state index is 10.8. The van der Waals surface area contributed by atoms with Crippen LogP contribution in [0.5, 0.6) is 0 Å². The Morgan fingerprint density at radius 2 is 2.11 bits per heavy atom. The quantitative estimate of drug-likeness (QED) is 0.931. The molecule has 18 heavy (non-hydrogen) atoms. The molecule has 1 N–H and O–H groups in total. The van der Waals surface area contributed by atoms with Gasteiger partial charge in [0.05, 0.1) is 10.7 Å². The van der Waals surface area contributed by atoms with Crippen LogP contribution in [0, 0.1) is 0 Å². The molecule has 0 aromatic carbocycles. The monoisotopic (exact) mass is 281 g/mol. The fraction of sp³-hybridized carbons (Fsp3) is 0.385. The summed E-state index contributed by atoms with van der Waals surface area (Å²) in [5.74, 6) is -0.860. The Labute approximate surface area is 114 Å². The van der Waals surface area contributed by atoms with Crippen LogP contribution in [0.3, 0.4) is 0 Å². The Hall–Kier alpha value is -1.20. The summed E-state index contributed by atoms with van der Waals surface area (Å²) in [6.07, 6.45) is 0.721. The molecular formula is C13H15NO2S2. The molecule has 0 amide bonds. The van der Waals surface area contributed by atoms with Crippen LogP contribution in [0.15, 0.2) is 17.5 Å². The summed E-state index contributed by atoms with van der Waals surface area (Å²) < 4.78 is 0. The molecule has 0 saturated carbocycles. The SMILES string of the molecule is CC(C)(C)c1csc(Cc2ccc(C(=O)O)s2)n1. The van der Waals surface area contributed by atoms with Crippen molar-refractivity contribution >= 4 is 28.6 Å². The van der Waals surface area contributed by atoms with E-state index in [-0.39, 0.29) is 5.41 Å². The van der Waals surface area contributed by atoms with Crippen LogP contribution in [0.1, 0.15) is 46.0 Å². The highest BCUT2D eigenvalue weighted by atomic mass is 32.1. The molecule has 0 fully saturated rings. The number of rotatable bonds is 3. The fourth-order valence-corrected chi connectivity index (χ4v) is 3.46. The lowest BCUT2D eigenvalue weighted by atomic mass is 9.93. The molecule has 0 bridgehead atoms. The first-order chi connectivity index (χ1) is 8.36. The van der Waals surface area contributed by atoms with Gasteiger partial charge in [0.25, 0.3) is 0 Å². The third kappa shape index (κ3) is 2.97. The number of aromatic carboxylic acids is 1. The van der Waals surface area contributed by atoms with Crippen molar-refractivity contribution < 1.29 is 9.90 Å². The van der Waals surface area contributed by atoms with Crippen LogP contribution in [0.2, 0.25) is 0 Å². The highest BCUT2D eigenvalue weighted by molar-refractivity contribution is 7.14. The van der Waals surface area contributed by atoms with E-state index in [2.05, 4.69) is 31.1 Å². The first kappa shape index (κ1) is 13.2. The average Bonchev–Trinajstić information content (AvgIpc) is 2.85. The number of carbonyl (C=O) groups is 1. The summed E-state index contributed by atoms with van der Waals surface area (Å²) in [6, 6.07) is 3.52. The van der Waals surface area contributed by atoms with Gasteiger partial charge in [-0.3, -0.25) is 0 Å². The van der Waals surface area contributed by atoms with Gasteiger partial charge in [-0.05, 0) is 12.1 Å². The predicted molar refractivity (Wildman–Crippen MR) is 74.9 cm³/mol. The van der Waals surface area contributed by atoms with Gasteiger partial charge >= 0.3 is 5.97 Å². The molecular weight excluding hydrogens is 266 g/mol. The Morgan fingerprint density at radius 1 is 1.39 bits per heavy atom. The van der Waals surface area contributed by atoms with Crippen molar-refractivity contribution in [1.29, 1.82) is 0 Å². The van der Waals surface area contributed by atoms with Crippen molar-refractivity contribution in [2.45, 2.75) is 32.6 Å². The van der Waals surface area contributed by atoms with Gasteiger partial charge in [0.2, 0.25) is 0 Å². The molecule has 0 atom stereocenters. The summed E-state index contributed by atoms with van der Waals surface area (Å²) in [7, 11) is 0. The second-order valence-corrected chi connectivity index (χ2v) is 7.24. The van der Waals surface area contributed by atoms with E-state index in [0.29, 0.717) is 4.88 Å². The molecule has 0 radical (unpaired) electrons.